The number of rotatable bonds is 6. The Balaban J connectivity index is 1.20. The Labute approximate surface area is 237 Å². The van der Waals surface area contributed by atoms with Gasteiger partial charge in [0.1, 0.15) is 29.3 Å². The minimum atomic E-state index is -0.223. The second-order valence-corrected chi connectivity index (χ2v) is 10.8. The average molecular weight is 559 g/mol. The number of para-hydroxylation sites is 1. The molecular formula is C30H31ClN6O3. The standard InChI is InChI=1S/C30H31ClN6O3/c1-35-13-15-37(16-14-35)30(39)20-9-11-36(12-10-20)29-26-24(18-32-28(26)33-19-34-29)27(38)23-8-7-22(17-25(23)31)40-21-5-3-2-4-6-21/h2-8,17-20H,9-16H2,1H3,(H,32,33,34). The maximum atomic E-state index is 13.7. The van der Waals surface area contributed by atoms with Crippen LogP contribution in [0, 0.1) is 5.92 Å². The van der Waals surface area contributed by atoms with E-state index in [1.807, 2.05) is 35.2 Å². The molecule has 0 spiro atoms. The van der Waals surface area contributed by atoms with Gasteiger partial charge in [-0.1, -0.05) is 29.8 Å². The van der Waals surface area contributed by atoms with Crippen LogP contribution in [-0.4, -0.2) is 82.8 Å². The fraction of sp³-hybridized carbons (Fsp3) is 0.333. The number of hydrogen-bond donors (Lipinski definition) is 1. The Hall–Kier alpha value is -3.95. The molecule has 0 bridgehead atoms. The lowest BCUT2D eigenvalue weighted by atomic mass is 9.94. The number of likely N-dealkylation sites (N-methyl/N-ethyl adjacent to an activating group) is 1. The number of anilines is 1. The molecule has 2 saturated heterocycles. The lowest BCUT2D eigenvalue weighted by Gasteiger charge is -2.38. The van der Waals surface area contributed by atoms with E-state index < -0.39 is 0 Å². The van der Waals surface area contributed by atoms with E-state index in [0.717, 1.165) is 39.0 Å². The van der Waals surface area contributed by atoms with E-state index in [0.29, 0.717) is 57.6 Å². The number of aromatic amines is 1. The van der Waals surface area contributed by atoms with E-state index in [1.54, 1.807) is 24.4 Å². The molecule has 0 unspecified atom stereocenters. The number of piperazine rings is 1. The van der Waals surface area contributed by atoms with E-state index in [-0.39, 0.29) is 17.6 Å². The molecule has 0 aliphatic carbocycles. The van der Waals surface area contributed by atoms with Crippen molar-refractivity contribution in [3.05, 3.63) is 77.2 Å². The zero-order valence-corrected chi connectivity index (χ0v) is 23.1. The third kappa shape index (κ3) is 5.26. The summed E-state index contributed by atoms with van der Waals surface area (Å²) in [6.45, 7) is 4.78. The molecule has 2 aromatic heterocycles. The number of H-pyrrole nitrogens is 1. The van der Waals surface area contributed by atoms with Crippen molar-refractivity contribution in [2.45, 2.75) is 12.8 Å². The van der Waals surface area contributed by atoms with E-state index in [9.17, 15) is 9.59 Å². The molecule has 0 saturated carbocycles. The zero-order valence-electron chi connectivity index (χ0n) is 22.3. The highest BCUT2D eigenvalue weighted by molar-refractivity contribution is 6.35. The van der Waals surface area contributed by atoms with Crippen molar-refractivity contribution in [2.75, 3.05) is 51.2 Å². The van der Waals surface area contributed by atoms with Crippen molar-refractivity contribution < 1.29 is 14.3 Å². The lowest BCUT2D eigenvalue weighted by molar-refractivity contribution is -0.137. The van der Waals surface area contributed by atoms with Crippen LogP contribution in [0.4, 0.5) is 5.82 Å². The van der Waals surface area contributed by atoms with Gasteiger partial charge in [-0.05, 0) is 44.2 Å². The van der Waals surface area contributed by atoms with E-state index in [1.165, 1.54) is 6.33 Å². The molecule has 10 heteroatoms. The molecule has 0 atom stereocenters. The smallest absolute Gasteiger partial charge is 0.225 e. The highest BCUT2D eigenvalue weighted by Crippen LogP contribution is 2.34. The summed E-state index contributed by atoms with van der Waals surface area (Å²) in [5, 5.41) is 0.964. The summed E-state index contributed by atoms with van der Waals surface area (Å²) >= 11 is 6.57. The Morgan fingerprint density at radius 2 is 1.68 bits per heavy atom. The van der Waals surface area contributed by atoms with Gasteiger partial charge >= 0.3 is 0 Å². The third-order valence-electron chi connectivity index (χ3n) is 7.82. The van der Waals surface area contributed by atoms with Crippen LogP contribution in [0.5, 0.6) is 11.5 Å². The molecular weight excluding hydrogens is 528 g/mol. The fourth-order valence-electron chi connectivity index (χ4n) is 5.50. The summed E-state index contributed by atoms with van der Waals surface area (Å²) in [5.41, 5.74) is 1.42. The van der Waals surface area contributed by atoms with Gasteiger partial charge in [0, 0.05) is 63.0 Å². The first-order valence-electron chi connectivity index (χ1n) is 13.6. The van der Waals surface area contributed by atoms with Crippen LogP contribution < -0.4 is 9.64 Å². The van der Waals surface area contributed by atoms with Gasteiger partial charge in [-0.3, -0.25) is 9.59 Å². The minimum absolute atomic E-state index is 0.0136. The maximum absolute atomic E-state index is 13.7. The quantitative estimate of drug-likeness (QED) is 0.345. The Bertz CT molecular complexity index is 1530. The summed E-state index contributed by atoms with van der Waals surface area (Å²) < 4.78 is 5.86. The summed E-state index contributed by atoms with van der Waals surface area (Å²) in [4.78, 5) is 45.3. The predicted molar refractivity (Wildman–Crippen MR) is 154 cm³/mol. The first-order chi connectivity index (χ1) is 19.5. The number of amides is 1. The summed E-state index contributed by atoms with van der Waals surface area (Å²) in [7, 11) is 2.09. The fourth-order valence-corrected chi connectivity index (χ4v) is 5.76. The second-order valence-electron chi connectivity index (χ2n) is 10.4. The monoisotopic (exact) mass is 558 g/mol. The van der Waals surface area contributed by atoms with Crippen molar-refractivity contribution in [3.63, 3.8) is 0 Å². The molecule has 2 aliphatic rings. The highest BCUT2D eigenvalue weighted by Gasteiger charge is 2.32. The number of carbonyl (C=O) groups excluding carboxylic acids is 2. The Kier molecular flexibility index (Phi) is 7.40. The van der Waals surface area contributed by atoms with Crippen molar-refractivity contribution in [3.8, 4) is 11.5 Å². The van der Waals surface area contributed by atoms with Gasteiger partial charge in [0.25, 0.3) is 0 Å². The molecule has 6 rings (SSSR count). The molecule has 2 fully saturated rings. The van der Waals surface area contributed by atoms with Gasteiger partial charge in [0.05, 0.1) is 16.0 Å². The first kappa shape index (κ1) is 26.3. The SMILES string of the molecule is CN1CCN(C(=O)C2CCN(c3ncnc4[nH]cc(C(=O)c5ccc(Oc6ccccc6)cc5Cl)c34)CC2)CC1. The highest BCUT2D eigenvalue weighted by atomic mass is 35.5. The van der Waals surface area contributed by atoms with E-state index >= 15 is 0 Å². The second kappa shape index (κ2) is 11.3. The molecule has 40 heavy (non-hydrogen) atoms. The molecule has 2 aromatic carbocycles. The lowest BCUT2D eigenvalue weighted by Crippen LogP contribution is -2.50. The predicted octanol–water partition coefficient (Wildman–Crippen LogP) is 4.63. The molecule has 9 nitrogen and oxygen atoms in total. The molecule has 0 radical (unpaired) electrons. The van der Waals surface area contributed by atoms with Crippen molar-refractivity contribution in [1.82, 2.24) is 24.8 Å². The van der Waals surface area contributed by atoms with E-state index in [4.69, 9.17) is 16.3 Å². The van der Waals surface area contributed by atoms with Gasteiger partial charge in [0.15, 0.2) is 5.78 Å². The number of nitrogens with one attached hydrogen (secondary N) is 1. The number of halogens is 1. The molecule has 206 valence electrons. The summed E-state index contributed by atoms with van der Waals surface area (Å²) in [6, 6.07) is 14.5. The number of hydrogen-bond acceptors (Lipinski definition) is 7. The van der Waals surface area contributed by atoms with Gasteiger partial charge in [0.2, 0.25) is 5.91 Å². The van der Waals surface area contributed by atoms with Crippen molar-refractivity contribution in [2.24, 2.45) is 5.92 Å². The summed E-state index contributed by atoms with van der Waals surface area (Å²) in [5.74, 6) is 1.97. The van der Waals surface area contributed by atoms with E-state index in [2.05, 4.69) is 31.8 Å². The van der Waals surface area contributed by atoms with Gasteiger partial charge < -0.3 is 24.4 Å². The molecule has 1 N–H and O–H groups in total. The summed E-state index contributed by atoms with van der Waals surface area (Å²) in [6.07, 6.45) is 4.67. The average Bonchev–Trinajstić information content (AvgIpc) is 3.42. The van der Waals surface area contributed by atoms with Crippen LogP contribution in [0.1, 0.15) is 28.8 Å². The molecule has 4 heterocycles. The van der Waals surface area contributed by atoms with Gasteiger partial charge in [-0.2, -0.15) is 0 Å². The van der Waals surface area contributed by atoms with Gasteiger partial charge in [-0.15, -0.1) is 0 Å². The number of piperidine rings is 1. The number of fused-ring (bicyclic) bond motifs is 1. The first-order valence-corrected chi connectivity index (χ1v) is 14.0. The molecule has 2 aliphatic heterocycles. The van der Waals surface area contributed by atoms with Crippen LogP contribution in [0.25, 0.3) is 11.0 Å². The third-order valence-corrected chi connectivity index (χ3v) is 8.13. The number of aromatic nitrogens is 3. The van der Waals surface area contributed by atoms with Crippen LogP contribution >= 0.6 is 11.6 Å². The Morgan fingerprint density at radius 1 is 0.925 bits per heavy atom. The van der Waals surface area contributed by atoms with Gasteiger partial charge in [-0.25, -0.2) is 9.97 Å². The minimum Gasteiger partial charge on any atom is -0.457 e. The maximum Gasteiger partial charge on any atom is 0.225 e. The Morgan fingerprint density at radius 3 is 2.40 bits per heavy atom. The number of ether oxygens (including phenoxy) is 1. The largest absolute Gasteiger partial charge is 0.457 e. The number of nitrogens with zero attached hydrogens (tertiary/aromatic N) is 5. The molecule has 1 amide bonds. The zero-order chi connectivity index (χ0) is 27.6. The van der Waals surface area contributed by atoms with Crippen LogP contribution in [0.3, 0.4) is 0 Å². The molecule has 4 aromatic rings. The number of carbonyl (C=O) groups is 2. The topological polar surface area (TPSA) is 94.7 Å². The van der Waals surface area contributed by atoms with Crippen LogP contribution in [-0.2, 0) is 4.79 Å². The number of ketones is 1. The van der Waals surface area contributed by atoms with Crippen molar-refractivity contribution in [1.29, 1.82) is 0 Å². The van der Waals surface area contributed by atoms with Crippen LogP contribution in [0.15, 0.2) is 61.1 Å². The van der Waals surface area contributed by atoms with Crippen LogP contribution in [0.2, 0.25) is 5.02 Å². The van der Waals surface area contributed by atoms with Crippen molar-refractivity contribution >= 4 is 40.1 Å². The number of benzene rings is 2. The normalized spacial score (nSPS) is 16.9.